The summed E-state index contributed by atoms with van der Waals surface area (Å²) in [6.07, 6.45) is 5.27. The molecule has 1 fully saturated rings. The third-order valence-corrected chi connectivity index (χ3v) is 4.71. The third kappa shape index (κ3) is 3.74. The number of amides is 1. The van der Waals surface area contributed by atoms with Crippen LogP contribution in [0.25, 0.3) is 0 Å². The molecule has 0 saturated carbocycles. The highest BCUT2D eigenvalue weighted by atomic mass is 16.5. The highest BCUT2D eigenvalue weighted by molar-refractivity contribution is 5.82. The van der Waals surface area contributed by atoms with Crippen LogP contribution in [0, 0.1) is 0 Å². The monoisotopic (exact) mass is 315 g/mol. The molecule has 2 aliphatic heterocycles. The molecule has 2 atom stereocenters. The maximum Gasteiger partial charge on any atom is 0.237 e. The number of anilines is 1. The molecule has 1 aromatic rings. The molecule has 2 aliphatic rings. The average molecular weight is 315 g/mol. The number of benzene rings is 1. The number of methoxy groups -OCH3 is 1. The second-order valence-corrected chi connectivity index (χ2v) is 6.31. The van der Waals surface area contributed by atoms with Crippen LogP contribution in [0.1, 0.15) is 12.0 Å². The summed E-state index contributed by atoms with van der Waals surface area (Å²) < 4.78 is 5.36. The number of hydrogen-bond acceptors (Lipinski definition) is 4. The molecule has 23 heavy (non-hydrogen) atoms. The van der Waals surface area contributed by atoms with Crippen molar-refractivity contribution in [2.45, 2.75) is 25.1 Å². The van der Waals surface area contributed by atoms with Crippen LogP contribution in [0.4, 0.5) is 5.69 Å². The molecule has 0 aromatic heterocycles. The van der Waals surface area contributed by atoms with Crippen molar-refractivity contribution >= 4 is 11.6 Å². The van der Waals surface area contributed by atoms with Crippen LogP contribution in [0.3, 0.4) is 0 Å². The van der Waals surface area contributed by atoms with Gasteiger partial charge < -0.3 is 15.0 Å². The lowest BCUT2D eigenvalue weighted by Gasteiger charge is -2.20. The summed E-state index contributed by atoms with van der Waals surface area (Å²) in [6, 6.07) is 8.29. The van der Waals surface area contributed by atoms with Crippen molar-refractivity contribution in [1.29, 1.82) is 0 Å². The minimum atomic E-state index is -0.0917. The van der Waals surface area contributed by atoms with E-state index < -0.39 is 0 Å². The van der Waals surface area contributed by atoms with Crippen LogP contribution in [-0.4, -0.2) is 56.7 Å². The van der Waals surface area contributed by atoms with Crippen LogP contribution < -0.4 is 10.2 Å². The maximum atomic E-state index is 12.4. The maximum absolute atomic E-state index is 12.4. The summed E-state index contributed by atoms with van der Waals surface area (Å²) in [6.45, 7) is 3.30. The standard InChI is InChI=1S/C18H25N3O2/c1-20-13-16(23-2)11-17(20)18(22)19-12-14-6-5-7-15(10-14)21-8-3-4-9-21/h3-7,10,16-17H,8-9,11-13H2,1-2H3,(H,19,22)/t16-,17-/m0/s1. The van der Waals surface area contributed by atoms with Crippen LogP contribution in [-0.2, 0) is 16.1 Å². The zero-order valence-electron chi connectivity index (χ0n) is 13.9. The van der Waals surface area contributed by atoms with Crippen molar-refractivity contribution in [3.63, 3.8) is 0 Å². The van der Waals surface area contributed by atoms with E-state index in [0.717, 1.165) is 31.6 Å². The Morgan fingerprint density at radius 3 is 2.83 bits per heavy atom. The minimum absolute atomic E-state index is 0.0836. The molecule has 0 spiro atoms. The molecule has 1 aromatic carbocycles. The minimum Gasteiger partial charge on any atom is -0.380 e. The van der Waals surface area contributed by atoms with Gasteiger partial charge in [0.25, 0.3) is 0 Å². The first-order valence-electron chi connectivity index (χ1n) is 8.17. The lowest BCUT2D eigenvalue weighted by molar-refractivity contribution is -0.125. The average Bonchev–Trinajstić information content (AvgIpc) is 3.22. The molecule has 1 amide bonds. The summed E-state index contributed by atoms with van der Waals surface area (Å²) in [7, 11) is 3.68. The second-order valence-electron chi connectivity index (χ2n) is 6.31. The number of ether oxygens (including phenoxy) is 1. The van der Waals surface area contributed by atoms with Crippen molar-refractivity contribution in [2.75, 3.05) is 38.7 Å². The summed E-state index contributed by atoms with van der Waals surface area (Å²) >= 11 is 0. The van der Waals surface area contributed by atoms with Crippen LogP contribution in [0.15, 0.2) is 36.4 Å². The Morgan fingerprint density at radius 1 is 1.35 bits per heavy atom. The van der Waals surface area contributed by atoms with E-state index in [4.69, 9.17) is 4.74 Å². The zero-order valence-corrected chi connectivity index (χ0v) is 13.9. The Balaban J connectivity index is 1.56. The van der Waals surface area contributed by atoms with Crippen LogP contribution >= 0.6 is 0 Å². The fourth-order valence-electron chi connectivity index (χ4n) is 3.29. The largest absolute Gasteiger partial charge is 0.380 e. The molecular formula is C18H25N3O2. The first kappa shape index (κ1) is 16.0. The van der Waals surface area contributed by atoms with Gasteiger partial charge in [-0.3, -0.25) is 9.69 Å². The molecule has 2 heterocycles. The summed E-state index contributed by atoms with van der Waals surface area (Å²) in [4.78, 5) is 16.8. The van der Waals surface area contributed by atoms with E-state index in [1.165, 1.54) is 5.69 Å². The summed E-state index contributed by atoms with van der Waals surface area (Å²) in [5, 5.41) is 3.06. The zero-order chi connectivity index (χ0) is 16.2. The molecule has 124 valence electrons. The normalized spacial score (nSPS) is 24.3. The van der Waals surface area contributed by atoms with Crippen LogP contribution in [0.5, 0.6) is 0 Å². The van der Waals surface area contributed by atoms with Crippen molar-refractivity contribution in [1.82, 2.24) is 10.2 Å². The Hall–Kier alpha value is -1.85. The summed E-state index contributed by atoms with van der Waals surface area (Å²) in [5.74, 6) is 0.0836. The molecule has 0 aliphatic carbocycles. The molecule has 5 heteroatoms. The predicted molar refractivity (Wildman–Crippen MR) is 91.5 cm³/mol. The number of carbonyl (C=O) groups excluding carboxylic acids is 1. The molecule has 5 nitrogen and oxygen atoms in total. The molecule has 1 saturated heterocycles. The third-order valence-electron chi connectivity index (χ3n) is 4.71. The smallest absolute Gasteiger partial charge is 0.237 e. The number of nitrogens with one attached hydrogen (secondary N) is 1. The van der Waals surface area contributed by atoms with E-state index in [0.29, 0.717) is 6.54 Å². The van der Waals surface area contributed by atoms with E-state index in [9.17, 15) is 4.79 Å². The van der Waals surface area contributed by atoms with E-state index in [-0.39, 0.29) is 18.1 Å². The molecule has 0 bridgehead atoms. The van der Waals surface area contributed by atoms with Gasteiger partial charge in [0.05, 0.1) is 12.1 Å². The topological polar surface area (TPSA) is 44.8 Å². The molecule has 1 N–H and O–H groups in total. The second kappa shape index (κ2) is 7.15. The molecule has 0 unspecified atom stereocenters. The number of carbonyl (C=O) groups is 1. The number of nitrogens with zero attached hydrogens (tertiary/aromatic N) is 2. The Morgan fingerprint density at radius 2 is 2.13 bits per heavy atom. The van der Waals surface area contributed by atoms with Gasteiger partial charge in [0.15, 0.2) is 0 Å². The Bertz CT molecular complexity index is 579. The van der Waals surface area contributed by atoms with E-state index >= 15 is 0 Å². The number of rotatable bonds is 5. The van der Waals surface area contributed by atoms with Crippen molar-refractivity contribution in [3.05, 3.63) is 42.0 Å². The quantitative estimate of drug-likeness (QED) is 0.834. The number of likely N-dealkylation sites (N-methyl/N-ethyl adjacent to an activating group) is 1. The molecular weight excluding hydrogens is 290 g/mol. The van der Waals surface area contributed by atoms with Crippen molar-refractivity contribution < 1.29 is 9.53 Å². The molecule has 0 radical (unpaired) electrons. The number of likely N-dealkylation sites (tertiary alicyclic amines) is 1. The van der Waals surface area contributed by atoms with Gasteiger partial charge in [0, 0.05) is 39.0 Å². The number of hydrogen-bond donors (Lipinski definition) is 1. The fourth-order valence-corrected chi connectivity index (χ4v) is 3.29. The van der Waals surface area contributed by atoms with Gasteiger partial charge in [0.1, 0.15) is 0 Å². The SMILES string of the molecule is CO[C@H]1C[C@@H](C(=O)NCc2cccc(N3CC=CC3)c2)N(C)C1. The Kier molecular flexibility index (Phi) is 4.98. The molecule has 3 rings (SSSR count). The lowest BCUT2D eigenvalue weighted by atomic mass is 10.1. The van der Waals surface area contributed by atoms with Crippen LogP contribution in [0.2, 0.25) is 0 Å². The first-order valence-corrected chi connectivity index (χ1v) is 8.17. The Labute approximate surface area is 137 Å². The van der Waals surface area contributed by atoms with E-state index in [2.05, 4.69) is 51.5 Å². The fraction of sp³-hybridized carbons (Fsp3) is 0.500. The van der Waals surface area contributed by atoms with Gasteiger partial charge in [-0.1, -0.05) is 24.3 Å². The van der Waals surface area contributed by atoms with Crippen molar-refractivity contribution in [2.24, 2.45) is 0 Å². The highest BCUT2D eigenvalue weighted by Gasteiger charge is 2.34. The lowest BCUT2D eigenvalue weighted by Crippen LogP contribution is -2.41. The summed E-state index contributed by atoms with van der Waals surface area (Å²) in [5.41, 5.74) is 2.34. The van der Waals surface area contributed by atoms with Gasteiger partial charge in [-0.05, 0) is 31.2 Å². The van der Waals surface area contributed by atoms with Gasteiger partial charge >= 0.3 is 0 Å². The van der Waals surface area contributed by atoms with Gasteiger partial charge in [-0.15, -0.1) is 0 Å². The van der Waals surface area contributed by atoms with Gasteiger partial charge in [0.2, 0.25) is 5.91 Å². The van der Waals surface area contributed by atoms with Gasteiger partial charge in [-0.25, -0.2) is 0 Å². The first-order chi connectivity index (χ1) is 11.2. The van der Waals surface area contributed by atoms with Crippen molar-refractivity contribution in [3.8, 4) is 0 Å². The van der Waals surface area contributed by atoms with E-state index in [1.54, 1.807) is 7.11 Å². The van der Waals surface area contributed by atoms with E-state index in [1.807, 2.05) is 7.05 Å². The highest BCUT2D eigenvalue weighted by Crippen LogP contribution is 2.20. The predicted octanol–water partition coefficient (Wildman–Crippen LogP) is 1.40. The van der Waals surface area contributed by atoms with Gasteiger partial charge in [-0.2, -0.15) is 0 Å².